The standard InChI is InChI=1S/C15H22BrNO2/c1-8(2)17-7-12(18)13-11(5)14(16)9(3)10(4)15(13)19-6/h8,17H,7H2,1-6H3. The molecular formula is C15H22BrNO2. The van der Waals surface area contributed by atoms with E-state index in [0.29, 0.717) is 17.9 Å². The van der Waals surface area contributed by atoms with Crippen molar-refractivity contribution in [1.29, 1.82) is 0 Å². The number of ether oxygens (including phenoxy) is 1. The Bertz CT molecular complexity index is 496. The molecule has 0 aliphatic carbocycles. The molecule has 0 bridgehead atoms. The summed E-state index contributed by atoms with van der Waals surface area (Å²) < 4.78 is 6.44. The lowest BCUT2D eigenvalue weighted by molar-refractivity contribution is 0.0984. The summed E-state index contributed by atoms with van der Waals surface area (Å²) in [4.78, 5) is 12.4. The van der Waals surface area contributed by atoms with Gasteiger partial charge in [0.25, 0.3) is 0 Å². The second-order valence-electron chi connectivity index (χ2n) is 5.06. The average Bonchev–Trinajstić information content (AvgIpc) is 2.37. The van der Waals surface area contributed by atoms with Crippen molar-refractivity contribution < 1.29 is 9.53 Å². The molecule has 0 saturated heterocycles. The zero-order valence-electron chi connectivity index (χ0n) is 12.5. The first-order valence-electron chi connectivity index (χ1n) is 6.41. The normalized spacial score (nSPS) is 10.9. The molecule has 1 aromatic rings. The van der Waals surface area contributed by atoms with Crippen LogP contribution in [-0.2, 0) is 0 Å². The van der Waals surface area contributed by atoms with Gasteiger partial charge in [0.15, 0.2) is 5.78 Å². The molecule has 0 unspecified atom stereocenters. The van der Waals surface area contributed by atoms with Crippen molar-refractivity contribution in [1.82, 2.24) is 5.32 Å². The minimum atomic E-state index is 0.0619. The highest BCUT2D eigenvalue weighted by molar-refractivity contribution is 9.10. The molecule has 0 aliphatic heterocycles. The number of halogens is 1. The molecule has 0 spiro atoms. The Balaban J connectivity index is 3.30. The van der Waals surface area contributed by atoms with E-state index >= 15 is 0 Å². The van der Waals surface area contributed by atoms with Gasteiger partial charge >= 0.3 is 0 Å². The van der Waals surface area contributed by atoms with Crippen molar-refractivity contribution >= 4 is 21.7 Å². The minimum absolute atomic E-state index is 0.0619. The van der Waals surface area contributed by atoms with Crippen molar-refractivity contribution in [3.63, 3.8) is 0 Å². The van der Waals surface area contributed by atoms with Gasteiger partial charge in [-0.1, -0.05) is 29.8 Å². The first-order chi connectivity index (χ1) is 8.81. The van der Waals surface area contributed by atoms with Crippen LogP contribution < -0.4 is 10.1 Å². The monoisotopic (exact) mass is 327 g/mol. The van der Waals surface area contributed by atoms with Gasteiger partial charge in [-0.15, -0.1) is 0 Å². The van der Waals surface area contributed by atoms with Gasteiger partial charge in [0.2, 0.25) is 0 Å². The van der Waals surface area contributed by atoms with Crippen molar-refractivity contribution in [2.75, 3.05) is 13.7 Å². The van der Waals surface area contributed by atoms with Crippen LogP contribution in [0.3, 0.4) is 0 Å². The second-order valence-corrected chi connectivity index (χ2v) is 5.85. The molecule has 0 heterocycles. The van der Waals surface area contributed by atoms with E-state index in [-0.39, 0.29) is 11.8 Å². The molecule has 0 fully saturated rings. The Morgan fingerprint density at radius 1 is 1.21 bits per heavy atom. The first-order valence-corrected chi connectivity index (χ1v) is 7.20. The molecule has 0 radical (unpaired) electrons. The zero-order chi connectivity index (χ0) is 14.7. The molecule has 0 aliphatic rings. The Morgan fingerprint density at radius 2 is 1.79 bits per heavy atom. The molecule has 1 N–H and O–H groups in total. The smallest absolute Gasteiger partial charge is 0.180 e. The number of rotatable bonds is 5. The molecule has 106 valence electrons. The summed E-state index contributed by atoms with van der Waals surface area (Å²) in [6.45, 7) is 10.3. The quantitative estimate of drug-likeness (QED) is 0.840. The summed E-state index contributed by atoms with van der Waals surface area (Å²) in [5.74, 6) is 0.751. The molecule has 0 saturated carbocycles. The van der Waals surface area contributed by atoms with Crippen LogP contribution in [0.5, 0.6) is 5.75 Å². The highest BCUT2D eigenvalue weighted by Gasteiger charge is 2.21. The molecule has 4 heteroatoms. The van der Waals surface area contributed by atoms with Gasteiger partial charge in [-0.2, -0.15) is 0 Å². The first kappa shape index (κ1) is 16.2. The fourth-order valence-electron chi connectivity index (χ4n) is 2.06. The van der Waals surface area contributed by atoms with Crippen molar-refractivity contribution in [2.24, 2.45) is 0 Å². The third-order valence-electron chi connectivity index (χ3n) is 3.32. The van der Waals surface area contributed by atoms with E-state index in [0.717, 1.165) is 21.2 Å². The van der Waals surface area contributed by atoms with E-state index in [1.807, 2.05) is 34.6 Å². The molecule has 3 nitrogen and oxygen atoms in total. The number of carbonyl (C=O) groups excluding carboxylic acids is 1. The molecule has 0 amide bonds. The summed E-state index contributed by atoms with van der Waals surface area (Å²) in [7, 11) is 1.61. The predicted molar refractivity (Wildman–Crippen MR) is 82.4 cm³/mol. The van der Waals surface area contributed by atoms with Gasteiger partial charge in [-0.05, 0) is 37.5 Å². The number of nitrogens with one attached hydrogen (secondary N) is 1. The van der Waals surface area contributed by atoms with E-state index in [1.165, 1.54) is 0 Å². The SMILES string of the molecule is COc1c(C)c(C)c(Br)c(C)c1C(=O)CNC(C)C. The maximum absolute atomic E-state index is 12.4. The molecule has 19 heavy (non-hydrogen) atoms. The highest BCUT2D eigenvalue weighted by Crippen LogP contribution is 2.36. The predicted octanol–water partition coefficient (Wildman–Crippen LogP) is 3.56. The fraction of sp³-hybridized carbons (Fsp3) is 0.533. The van der Waals surface area contributed by atoms with Crippen LogP contribution in [0.1, 0.15) is 40.9 Å². The van der Waals surface area contributed by atoms with E-state index in [4.69, 9.17) is 4.74 Å². The van der Waals surface area contributed by atoms with Gasteiger partial charge in [0, 0.05) is 10.5 Å². The molecule has 0 atom stereocenters. The Labute approximate surface area is 123 Å². The van der Waals surface area contributed by atoms with Gasteiger partial charge in [-0.3, -0.25) is 4.79 Å². The van der Waals surface area contributed by atoms with E-state index in [9.17, 15) is 4.79 Å². The third-order valence-corrected chi connectivity index (χ3v) is 4.51. The van der Waals surface area contributed by atoms with E-state index in [1.54, 1.807) is 7.11 Å². The number of hydrogen-bond donors (Lipinski definition) is 1. The maximum atomic E-state index is 12.4. The van der Waals surface area contributed by atoms with Crippen LogP contribution in [0, 0.1) is 20.8 Å². The zero-order valence-corrected chi connectivity index (χ0v) is 14.1. The number of carbonyl (C=O) groups is 1. The van der Waals surface area contributed by atoms with Crippen molar-refractivity contribution in [3.8, 4) is 5.75 Å². The third kappa shape index (κ3) is 3.37. The lowest BCUT2D eigenvalue weighted by Gasteiger charge is -2.18. The second kappa shape index (κ2) is 6.53. The molecule has 1 rings (SSSR count). The minimum Gasteiger partial charge on any atom is -0.496 e. The van der Waals surface area contributed by atoms with E-state index < -0.39 is 0 Å². The van der Waals surface area contributed by atoms with Crippen LogP contribution >= 0.6 is 15.9 Å². The summed E-state index contributed by atoms with van der Waals surface area (Å²) in [6.07, 6.45) is 0. The lowest BCUT2D eigenvalue weighted by atomic mass is 9.96. The number of Topliss-reactive ketones (excluding diaryl/α,β-unsaturated/α-hetero) is 1. The number of hydrogen-bond acceptors (Lipinski definition) is 3. The summed E-state index contributed by atoms with van der Waals surface area (Å²) in [5, 5.41) is 3.16. The van der Waals surface area contributed by atoms with Crippen LogP contribution in [0.4, 0.5) is 0 Å². The summed E-state index contributed by atoms with van der Waals surface area (Å²) >= 11 is 3.56. The van der Waals surface area contributed by atoms with Crippen LogP contribution in [0.25, 0.3) is 0 Å². The van der Waals surface area contributed by atoms with Gasteiger partial charge in [0.05, 0.1) is 19.2 Å². The molecule has 0 aromatic heterocycles. The Hall–Kier alpha value is -0.870. The highest BCUT2D eigenvalue weighted by atomic mass is 79.9. The number of ketones is 1. The molecular weight excluding hydrogens is 306 g/mol. The van der Waals surface area contributed by atoms with Crippen LogP contribution in [-0.4, -0.2) is 25.5 Å². The maximum Gasteiger partial charge on any atom is 0.180 e. The van der Waals surface area contributed by atoms with E-state index in [2.05, 4.69) is 21.2 Å². The fourth-order valence-corrected chi connectivity index (χ4v) is 2.56. The lowest BCUT2D eigenvalue weighted by Crippen LogP contribution is -2.30. The Kier molecular flexibility index (Phi) is 5.56. The average molecular weight is 328 g/mol. The van der Waals surface area contributed by atoms with Crippen molar-refractivity contribution in [2.45, 2.75) is 40.7 Å². The number of benzene rings is 1. The van der Waals surface area contributed by atoms with Gasteiger partial charge < -0.3 is 10.1 Å². The Morgan fingerprint density at radius 3 is 2.26 bits per heavy atom. The summed E-state index contributed by atoms with van der Waals surface area (Å²) in [5.41, 5.74) is 3.73. The topological polar surface area (TPSA) is 38.3 Å². The summed E-state index contributed by atoms with van der Waals surface area (Å²) in [6, 6.07) is 0.283. The van der Waals surface area contributed by atoms with Gasteiger partial charge in [-0.25, -0.2) is 0 Å². The number of methoxy groups -OCH3 is 1. The molecule has 1 aromatic carbocycles. The van der Waals surface area contributed by atoms with Crippen LogP contribution in [0.2, 0.25) is 0 Å². The van der Waals surface area contributed by atoms with Crippen molar-refractivity contribution in [3.05, 3.63) is 26.7 Å². The van der Waals surface area contributed by atoms with Gasteiger partial charge in [0.1, 0.15) is 5.75 Å². The van der Waals surface area contributed by atoms with Crippen LogP contribution in [0.15, 0.2) is 4.47 Å². The largest absolute Gasteiger partial charge is 0.496 e.